The molecule has 2 aromatic rings. The van der Waals surface area contributed by atoms with Crippen LogP contribution in [0, 0.1) is 41.0 Å². The standard InChI is InChI=1S/C25H28F4O2/c1-3-4-16-5-8-18(9-6-16)15(2)11-17-7-10-20(21(26)12-17)25(30)31-19-13-22(27)24(29)23(28)14-19/h7,10,12-16,18H,3-6,8-9,11H2,1-2H3. The largest absolute Gasteiger partial charge is 0.423 e. The smallest absolute Gasteiger partial charge is 0.346 e. The molecular formula is C25H28F4O2. The molecule has 0 N–H and O–H groups in total. The highest BCUT2D eigenvalue weighted by Gasteiger charge is 2.25. The van der Waals surface area contributed by atoms with Crippen molar-refractivity contribution >= 4 is 5.97 Å². The summed E-state index contributed by atoms with van der Waals surface area (Å²) in [5.74, 6) is -5.18. The lowest BCUT2D eigenvalue weighted by Gasteiger charge is -2.32. The highest BCUT2D eigenvalue weighted by atomic mass is 19.2. The van der Waals surface area contributed by atoms with Gasteiger partial charge in [-0.15, -0.1) is 0 Å². The van der Waals surface area contributed by atoms with Gasteiger partial charge in [-0.2, -0.15) is 0 Å². The highest BCUT2D eigenvalue weighted by molar-refractivity contribution is 5.91. The molecule has 2 nitrogen and oxygen atoms in total. The molecule has 31 heavy (non-hydrogen) atoms. The van der Waals surface area contributed by atoms with Gasteiger partial charge in [0.25, 0.3) is 0 Å². The van der Waals surface area contributed by atoms with Gasteiger partial charge >= 0.3 is 5.97 Å². The molecule has 0 radical (unpaired) electrons. The van der Waals surface area contributed by atoms with Crippen LogP contribution in [0.15, 0.2) is 30.3 Å². The van der Waals surface area contributed by atoms with Gasteiger partial charge in [-0.3, -0.25) is 0 Å². The number of carbonyl (C=O) groups is 1. The Bertz CT molecular complexity index is 897. The van der Waals surface area contributed by atoms with Crippen molar-refractivity contribution in [2.24, 2.45) is 17.8 Å². The SMILES string of the molecule is CCCC1CCC(C(C)Cc2ccc(C(=O)Oc3cc(F)c(F)c(F)c3)c(F)c2)CC1. The summed E-state index contributed by atoms with van der Waals surface area (Å²) < 4.78 is 58.9. The van der Waals surface area contributed by atoms with Crippen molar-refractivity contribution in [1.82, 2.24) is 0 Å². The molecule has 1 atom stereocenters. The molecule has 1 aliphatic rings. The molecule has 1 aliphatic carbocycles. The van der Waals surface area contributed by atoms with E-state index in [0.717, 1.165) is 11.5 Å². The van der Waals surface area contributed by atoms with Gasteiger partial charge in [-0.05, 0) is 54.7 Å². The van der Waals surface area contributed by atoms with Crippen LogP contribution in [0.5, 0.6) is 5.75 Å². The van der Waals surface area contributed by atoms with Crippen LogP contribution in [0.1, 0.15) is 68.3 Å². The first-order valence-electron chi connectivity index (χ1n) is 10.9. The number of rotatable bonds is 7. The molecule has 0 spiro atoms. The van der Waals surface area contributed by atoms with E-state index >= 15 is 0 Å². The Morgan fingerprint density at radius 3 is 2.23 bits per heavy atom. The fraction of sp³-hybridized carbons (Fsp3) is 0.480. The van der Waals surface area contributed by atoms with Crippen molar-refractivity contribution in [1.29, 1.82) is 0 Å². The van der Waals surface area contributed by atoms with Crippen molar-refractivity contribution in [3.05, 3.63) is 64.7 Å². The maximum Gasteiger partial charge on any atom is 0.346 e. The van der Waals surface area contributed by atoms with E-state index in [1.807, 2.05) is 0 Å². The summed E-state index contributed by atoms with van der Waals surface area (Å²) in [5, 5.41) is 0. The minimum absolute atomic E-state index is 0.346. The number of hydrogen-bond donors (Lipinski definition) is 0. The molecule has 0 amide bonds. The average Bonchev–Trinajstić information content (AvgIpc) is 2.72. The number of ether oxygens (including phenoxy) is 1. The topological polar surface area (TPSA) is 26.3 Å². The maximum atomic E-state index is 14.5. The normalized spacial score (nSPS) is 19.8. The first-order valence-corrected chi connectivity index (χ1v) is 10.9. The van der Waals surface area contributed by atoms with E-state index in [9.17, 15) is 22.4 Å². The van der Waals surface area contributed by atoms with E-state index < -0.39 is 35.0 Å². The summed E-state index contributed by atoms with van der Waals surface area (Å²) in [4.78, 5) is 12.2. The molecule has 1 unspecified atom stereocenters. The second-order valence-corrected chi connectivity index (χ2v) is 8.66. The number of hydrogen-bond acceptors (Lipinski definition) is 2. The lowest BCUT2D eigenvalue weighted by Crippen LogP contribution is -2.21. The van der Waals surface area contributed by atoms with Crippen molar-refractivity contribution in [3.63, 3.8) is 0 Å². The number of benzene rings is 2. The van der Waals surface area contributed by atoms with Crippen LogP contribution in [0.2, 0.25) is 0 Å². The summed E-state index contributed by atoms with van der Waals surface area (Å²) in [6.45, 7) is 4.40. The Morgan fingerprint density at radius 1 is 1.00 bits per heavy atom. The zero-order valence-electron chi connectivity index (χ0n) is 17.9. The number of carbonyl (C=O) groups excluding carboxylic acids is 1. The van der Waals surface area contributed by atoms with Gasteiger partial charge in [-0.1, -0.05) is 45.6 Å². The molecule has 0 heterocycles. The minimum Gasteiger partial charge on any atom is -0.423 e. The van der Waals surface area contributed by atoms with Crippen LogP contribution in [0.25, 0.3) is 0 Å². The van der Waals surface area contributed by atoms with Gasteiger partial charge in [0.2, 0.25) is 0 Å². The molecule has 2 aromatic carbocycles. The summed E-state index contributed by atoms with van der Waals surface area (Å²) in [7, 11) is 0. The summed E-state index contributed by atoms with van der Waals surface area (Å²) in [6.07, 6.45) is 8.14. The molecule has 0 bridgehead atoms. The summed E-state index contributed by atoms with van der Waals surface area (Å²) in [5.41, 5.74) is 0.442. The van der Waals surface area contributed by atoms with Gasteiger partial charge < -0.3 is 4.74 Å². The minimum atomic E-state index is -1.66. The second-order valence-electron chi connectivity index (χ2n) is 8.66. The molecule has 1 fully saturated rings. The van der Waals surface area contributed by atoms with E-state index in [-0.39, 0.29) is 5.56 Å². The van der Waals surface area contributed by atoms with Crippen LogP contribution < -0.4 is 4.74 Å². The first kappa shape index (κ1) is 23.3. The molecule has 0 saturated heterocycles. The van der Waals surface area contributed by atoms with E-state index in [1.54, 1.807) is 6.07 Å². The third-order valence-electron chi connectivity index (χ3n) is 6.37. The zero-order chi connectivity index (χ0) is 22.5. The van der Waals surface area contributed by atoms with Gasteiger partial charge in [0.1, 0.15) is 11.6 Å². The molecule has 0 aliphatic heterocycles. The van der Waals surface area contributed by atoms with Crippen LogP contribution in [0.4, 0.5) is 17.6 Å². The third kappa shape index (κ3) is 5.86. The number of halogens is 4. The summed E-state index contributed by atoms with van der Waals surface area (Å²) in [6, 6.07) is 5.37. The maximum absolute atomic E-state index is 14.5. The Kier molecular flexibility index (Phi) is 7.74. The Hall–Kier alpha value is -2.37. The first-order chi connectivity index (χ1) is 14.8. The van der Waals surface area contributed by atoms with Gasteiger partial charge in [0.05, 0.1) is 5.56 Å². The lowest BCUT2D eigenvalue weighted by atomic mass is 9.74. The molecule has 1 saturated carbocycles. The van der Waals surface area contributed by atoms with Crippen LogP contribution in [0.3, 0.4) is 0 Å². The van der Waals surface area contributed by atoms with Crippen molar-refractivity contribution in [2.45, 2.75) is 58.8 Å². The Morgan fingerprint density at radius 2 is 1.65 bits per heavy atom. The molecular weight excluding hydrogens is 408 g/mol. The van der Waals surface area contributed by atoms with E-state index in [0.29, 0.717) is 30.4 Å². The van der Waals surface area contributed by atoms with Crippen molar-refractivity contribution in [3.8, 4) is 5.75 Å². The molecule has 6 heteroatoms. The zero-order valence-corrected chi connectivity index (χ0v) is 17.9. The van der Waals surface area contributed by atoms with Crippen LogP contribution in [-0.2, 0) is 6.42 Å². The summed E-state index contributed by atoms with van der Waals surface area (Å²) >= 11 is 0. The fourth-order valence-corrected chi connectivity index (χ4v) is 4.60. The Labute approximate surface area is 180 Å². The lowest BCUT2D eigenvalue weighted by molar-refractivity contribution is 0.0728. The van der Waals surface area contributed by atoms with Crippen molar-refractivity contribution in [2.75, 3.05) is 0 Å². The highest BCUT2D eigenvalue weighted by Crippen LogP contribution is 2.36. The van der Waals surface area contributed by atoms with Crippen LogP contribution >= 0.6 is 0 Å². The monoisotopic (exact) mass is 436 g/mol. The quantitative estimate of drug-likeness (QED) is 0.198. The van der Waals surface area contributed by atoms with Crippen molar-refractivity contribution < 1.29 is 27.1 Å². The molecule has 168 valence electrons. The van der Waals surface area contributed by atoms with Gasteiger partial charge in [0, 0.05) is 12.1 Å². The van der Waals surface area contributed by atoms with E-state index in [1.165, 1.54) is 50.7 Å². The number of esters is 1. The van der Waals surface area contributed by atoms with E-state index in [2.05, 4.69) is 13.8 Å². The van der Waals surface area contributed by atoms with Crippen LogP contribution in [-0.4, -0.2) is 5.97 Å². The fourth-order valence-electron chi connectivity index (χ4n) is 4.60. The predicted octanol–water partition coefficient (Wildman–Crippen LogP) is 7.25. The second kappa shape index (κ2) is 10.3. The molecule has 3 rings (SSSR count). The Balaban J connectivity index is 1.61. The van der Waals surface area contributed by atoms with Gasteiger partial charge in [-0.25, -0.2) is 22.4 Å². The third-order valence-corrected chi connectivity index (χ3v) is 6.37. The van der Waals surface area contributed by atoms with E-state index in [4.69, 9.17) is 4.74 Å². The van der Waals surface area contributed by atoms with Gasteiger partial charge in [0.15, 0.2) is 17.5 Å². The predicted molar refractivity (Wildman–Crippen MR) is 111 cm³/mol. The average molecular weight is 436 g/mol. The molecule has 0 aromatic heterocycles.